The number of halogens is 1. The number of aryl methyl sites for hydroxylation is 1. The Morgan fingerprint density at radius 1 is 1.17 bits per heavy atom. The van der Waals surface area contributed by atoms with Gasteiger partial charge >= 0.3 is 5.97 Å². The van der Waals surface area contributed by atoms with Crippen molar-refractivity contribution >= 4 is 27.6 Å². The molecule has 1 fully saturated rings. The summed E-state index contributed by atoms with van der Waals surface area (Å²) in [7, 11) is 0. The van der Waals surface area contributed by atoms with Crippen molar-refractivity contribution < 1.29 is 24.1 Å². The second kappa shape index (κ2) is 14.5. The average molecular weight is 560 g/mol. The molecule has 1 aromatic heterocycles. The van der Waals surface area contributed by atoms with Crippen molar-refractivity contribution in [3.63, 3.8) is 0 Å². The van der Waals surface area contributed by atoms with E-state index < -0.39 is 5.60 Å². The maximum absolute atomic E-state index is 12.5. The van der Waals surface area contributed by atoms with Gasteiger partial charge in [-0.1, -0.05) is 13.8 Å². The normalized spacial score (nSPS) is 15.6. The molecule has 0 aromatic carbocycles. The first-order chi connectivity index (χ1) is 16.1. The van der Waals surface area contributed by atoms with Crippen LogP contribution in [0.3, 0.4) is 0 Å². The minimum atomic E-state index is -0.500. The fraction of sp³-hybridized carbons (Fsp3) is 0.778. The molecule has 1 aromatic rings. The number of ether oxygens (including phenoxy) is 3. The Kier molecular flexibility index (Phi) is 13.2. The standard InChI is InChI=1S/C23H37BrN2O4.C4H10O/c1-7-28-12-13-29-15-19-21(24)22(26-10-8-23(5,6)9-11-26)18(17(4)25-19)14-20(27)30-16(2)3;1-4(2,3)5/h16H,7-15H2,1-6H3;5H,1-3H3. The van der Waals surface area contributed by atoms with Crippen LogP contribution in [-0.4, -0.2) is 60.7 Å². The van der Waals surface area contributed by atoms with E-state index in [1.165, 1.54) is 0 Å². The molecule has 35 heavy (non-hydrogen) atoms. The lowest BCUT2D eigenvalue weighted by Gasteiger charge is -2.39. The van der Waals surface area contributed by atoms with Crippen molar-refractivity contribution in [2.24, 2.45) is 5.41 Å². The predicted molar refractivity (Wildman–Crippen MR) is 145 cm³/mol. The molecule has 1 aliphatic rings. The van der Waals surface area contributed by atoms with E-state index in [4.69, 9.17) is 24.3 Å². The van der Waals surface area contributed by atoms with Crippen molar-refractivity contribution in [3.8, 4) is 0 Å². The lowest BCUT2D eigenvalue weighted by molar-refractivity contribution is -0.146. The number of rotatable bonds is 10. The van der Waals surface area contributed by atoms with E-state index in [1.54, 1.807) is 20.8 Å². The molecule has 0 bridgehead atoms. The molecule has 0 unspecified atom stereocenters. The van der Waals surface area contributed by atoms with E-state index in [1.807, 2.05) is 27.7 Å². The van der Waals surface area contributed by atoms with Crippen molar-refractivity contribution in [1.82, 2.24) is 4.98 Å². The Morgan fingerprint density at radius 3 is 2.23 bits per heavy atom. The topological polar surface area (TPSA) is 81.1 Å². The maximum Gasteiger partial charge on any atom is 0.310 e. The Labute approximate surface area is 221 Å². The third-order valence-corrected chi connectivity index (χ3v) is 6.26. The van der Waals surface area contributed by atoms with E-state index in [0.717, 1.165) is 53.0 Å². The zero-order chi connectivity index (χ0) is 26.8. The average Bonchev–Trinajstić information content (AvgIpc) is 2.70. The number of anilines is 1. The van der Waals surface area contributed by atoms with Crippen LogP contribution in [0.1, 0.15) is 85.2 Å². The molecule has 0 aliphatic carbocycles. The molecule has 0 radical (unpaired) electrons. The first-order valence-electron chi connectivity index (χ1n) is 12.6. The van der Waals surface area contributed by atoms with Crippen LogP contribution in [0.4, 0.5) is 5.69 Å². The van der Waals surface area contributed by atoms with E-state index in [0.29, 0.717) is 31.8 Å². The number of aliphatic hydroxyl groups is 1. The molecular formula is C27H47BrN2O5. The highest BCUT2D eigenvalue weighted by Crippen LogP contribution is 2.39. The first kappa shape index (κ1) is 31.8. The third-order valence-electron chi connectivity index (χ3n) is 5.42. The zero-order valence-corrected chi connectivity index (χ0v) is 24.9. The quantitative estimate of drug-likeness (QED) is 0.295. The molecule has 7 nitrogen and oxygen atoms in total. The van der Waals surface area contributed by atoms with Crippen molar-refractivity contribution in [2.75, 3.05) is 37.8 Å². The summed E-state index contributed by atoms with van der Waals surface area (Å²) in [6, 6.07) is 0. The highest BCUT2D eigenvalue weighted by Gasteiger charge is 2.30. The van der Waals surface area contributed by atoms with E-state index in [-0.39, 0.29) is 18.5 Å². The van der Waals surface area contributed by atoms with Gasteiger partial charge in [0.1, 0.15) is 0 Å². The second-order valence-corrected chi connectivity index (χ2v) is 11.9. The van der Waals surface area contributed by atoms with Gasteiger partial charge in [0, 0.05) is 31.0 Å². The van der Waals surface area contributed by atoms with E-state index >= 15 is 0 Å². The van der Waals surface area contributed by atoms with Crippen LogP contribution in [0, 0.1) is 12.3 Å². The first-order valence-corrected chi connectivity index (χ1v) is 13.4. The lowest BCUT2D eigenvalue weighted by atomic mass is 9.82. The van der Waals surface area contributed by atoms with Crippen LogP contribution in [0.5, 0.6) is 0 Å². The number of hydrogen-bond donors (Lipinski definition) is 1. The van der Waals surface area contributed by atoms with Crippen LogP contribution >= 0.6 is 15.9 Å². The molecule has 2 heterocycles. The van der Waals surface area contributed by atoms with Gasteiger partial charge in [0.2, 0.25) is 0 Å². The smallest absolute Gasteiger partial charge is 0.310 e. The summed E-state index contributed by atoms with van der Waals surface area (Å²) in [6.07, 6.45) is 2.30. The van der Waals surface area contributed by atoms with Crippen molar-refractivity contribution in [3.05, 3.63) is 21.4 Å². The summed E-state index contributed by atoms with van der Waals surface area (Å²) < 4.78 is 17.5. The van der Waals surface area contributed by atoms with Crippen molar-refractivity contribution in [2.45, 2.75) is 99.9 Å². The monoisotopic (exact) mass is 558 g/mol. The molecule has 0 spiro atoms. The number of piperidine rings is 1. The van der Waals surface area contributed by atoms with Gasteiger partial charge in [-0.05, 0) is 82.7 Å². The molecule has 202 valence electrons. The zero-order valence-electron chi connectivity index (χ0n) is 23.3. The summed E-state index contributed by atoms with van der Waals surface area (Å²) in [5.41, 5.74) is 3.53. The van der Waals surface area contributed by atoms with Gasteiger partial charge in [-0.15, -0.1) is 0 Å². The van der Waals surface area contributed by atoms with Crippen molar-refractivity contribution in [1.29, 1.82) is 0 Å². The van der Waals surface area contributed by atoms with Gasteiger partial charge in [0.05, 0.1) is 53.8 Å². The van der Waals surface area contributed by atoms with Gasteiger partial charge in [-0.2, -0.15) is 0 Å². The fourth-order valence-corrected chi connectivity index (χ4v) is 4.31. The number of carbonyl (C=O) groups is 1. The fourth-order valence-electron chi connectivity index (χ4n) is 3.61. The number of pyridine rings is 1. The van der Waals surface area contributed by atoms with Crippen LogP contribution < -0.4 is 4.90 Å². The molecule has 0 saturated carbocycles. The molecule has 8 heteroatoms. The van der Waals surface area contributed by atoms with Gasteiger partial charge < -0.3 is 24.2 Å². The van der Waals surface area contributed by atoms with E-state index in [2.05, 4.69) is 34.7 Å². The Bertz CT molecular complexity index is 790. The molecular weight excluding hydrogens is 512 g/mol. The SMILES string of the molecule is CC(C)(C)O.CCOCCOCc1nc(C)c(CC(=O)OC(C)C)c(N2CCC(C)(C)CC2)c1Br. The van der Waals surface area contributed by atoms with Crippen LogP contribution in [0.15, 0.2) is 4.47 Å². The summed E-state index contributed by atoms with van der Waals surface area (Å²) in [5, 5.41) is 8.52. The van der Waals surface area contributed by atoms with Gasteiger partial charge in [-0.3, -0.25) is 9.78 Å². The van der Waals surface area contributed by atoms with Crippen LogP contribution in [-0.2, 0) is 32.0 Å². The van der Waals surface area contributed by atoms with Gasteiger partial charge in [0.25, 0.3) is 0 Å². The Balaban J connectivity index is 0.00000111. The lowest BCUT2D eigenvalue weighted by Crippen LogP contribution is -2.38. The van der Waals surface area contributed by atoms with Crippen LogP contribution in [0.2, 0.25) is 0 Å². The predicted octanol–water partition coefficient (Wildman–Crippen LogP) is 5.60. The summed E-state index contributed by atoms with van der Waals surface area (Å²) in [5.74, 6) is -0.221. The molecule has 2 rings (SSSR count). The number of carbonyl (C=O) groups excluding carboxylic acids is 1. The number of hydrogen-bond acceptors (Lipinski definition) is 7. The molecule has 0 atom stereocenters. The van der Waals surface area contributed by atoms with Crippen LogP contribution in [0.25, 0.3) is 0 Å². The molecule has 1 saturated heterocycles. The highest BCUT2D eigenvalue weighted by molar-refractivity contribution is 9.10. The minimum Gasteiger partial charge on any atom is -0.463 e. The third kappa shape index (κ3) is 12.5. The summed E-state index contributed by atoms with van der Waals surface area (Å²) in [4.78, 5) is 19.6. The Hall–Kier alpha value is -1.22. The number of aromatic nitrogens is 1. The maximum atomic E-state index is 12.5. The second-order valence-electron chi connectivity index (χ2n) is 11.1. The van der Waals surface area contributed by atoms with Gasteiger partial charge in [-0.25, -0.2) is 0 Å². The minimum absolute atomic E-state index is 0.133. The largest absolute Gasteiger partial charge is 0.463 e. The molecule has 0 amide bonds. The molecule has 1 N–H and O–H groups in total. The summed E-state index contributed by atoms with van der Waals surface area (Å²) in [6.45, 7) is 21.6. The van der Waals surface area contributed by atoms with Gasteiger partial charge in [0.15, 0.2) is 0 Å². The highest BCUT2D eigenvalue weighted by atomic mass is 79.9. The molecule has 1 aliphatic heterocycles. The number of nitrogens with zero attached hydrogens (tertiary/aromatic N) is 2. The van der Waals surface area contributed by atoms with E-state index in [9.17, 15) is 4.79 Å². The Morgan fingerprint density at radius 2 is 1.71 bits per heavy atom. The number of esters is 1. The summed E-state index contributed by atoms with van der Waals surface area (Å²) >= 11 is 3.79.